The summed E-state index contributed by atoms with van der Waals surface area (Å²) in [5.74, 6) is 0.113. The van der Waals surface area contributed by atoms with Crippen LogP contribution in [0.3, 0.4) is 0 Å². The van der Waals surface area contributed by atoms with Crippen molar-refractivity contribution in [3.8, 4) is 17.1 Å². The molecule has 184 valence electrons. The largest absolute Gasteiger partial charge is 0.477 e. The third-order valence-corrected chi connectivity index (χ3v) is 7.22. The summed E-state index contributed by atoms with van der Waals surface area (Å²) in [6.45, 7) is 2.52. The van der Waals surface area contributed by atoms with Crippen molar-refractivity contribution in [1.82, 2.24) is 20.3 Å². The summed E-state index contributed by atoms with van der Waals surface area (Å²) in [6.07, 6.45) is 6.01. The number of carbonyl (C=O) groups is 1. The molecule has 2 heterocycles. The lowest BCUT2D eigenvalue weighted by molar-refractivity contribution is 0.0894. The van der Waals surface area contributed by atoms with Crippen molar-refractivity contribution in [2.45, 2.75) is 31.1 Å². The van der Waals surface area contributed by atoms with Gasteiger partial charge in [-0.1, -0.05) is 12.1 Å². The first-order valence-corrected chi connectivity index (χ1v) is 12.8. The smallest absolute Gasteiger partial charge is 0.251 e. The lowest BCUT2D eigenvalue weighted by Crippen LogP contribution is -2.32. The zero-order valence-electron chi connectivity index (χ0n) is 19.5. The number of sulfonamides is 1. The quantitative estimate of drug-likeness (QED) is 0.413. The van der Waals surface area contributed by atoms with Crippen LogP contribution in [0.25, 0.3) is 11.3 Å². The van der Waals surface area contributed by atoms with Crippen LogP contribution in [-0.4, -0.2) is 54.9 Å². The Bertz CT molecular complexity index is 1280. The molecule has 1 fully saturated rings. The topological polar surface area (TPSA) is 132 Å². The number of carbonyl (C=O) groups excluding carboxylic acids is 1. The molecule has 1 aliphatic carbocycles. The highest BCUT2D eigenvalue weighted by Crippen LogP contribution is 2.30. The summed E-state index contributed by atoms with van der Waals surface area (Å²) in [5.41, 5.74) is 2.75. The highest BCUT2D eigenvalue weighted by Gasteiger charge is 2.35. The summed E-state index contributed by atoms with van der Waals surface area (Å²) in [5, 5.41) is 2.57. The number of anilines is 1. The number of hydrogen-bond acceptors (Lipinski definition) is 8. The first-order valence-electron chi connectivity index (χ1n) is 11.2. The van der Waals surface area contributed by atoms with Gasteiger partial charge in [0.2, 0.25) is 15.9 Å². The summed E-state index contributed by atoms with van der Waals surface area (Å²) in [7, 11) is -1.89. The fourth-order valence-corrected chi connectivity index (χ4v) is 4.81. The summed E-state index contributed by atoms with van der Waals surface area (Å²) in [4.78, 5) is 25.8. The van der Waals surface area contributed by atoms with Gasteiger partial charge in [0.05, 0.1) is 54.0 Å². The molecule has 3 aromatic rings. The fourth-order valence-electron chi connectivity index (χ4n) is 3.43. The number of benzene rings is 1. The van der Waals surface area contributed by atoms with E-state index in [1.807, 2.05) is 6.92 Å². The van der Waals surface area contributed by atoms with Crippen molar-refractivity contribution in [3.63, 3.8) is 0 Å². The first kappa shape index (κ1) is 24.6. The maximum Gasteiger partial charge on any atom is 0.251 e. The van der Waals surface area contributed by atoms with Crippen LogP contribution in [0.15, 0.2) is 55.0 Å². The average molecular weight is 498 g/mol. The number of amides is 1. The summed E-state index contributed by atoms with van der Waals surface area (Å²) < 4.78 is 37.8. The van der Waals surface area contributed by atoms with Crippen LogP contribution in [0, 0.1) is 0 Å². The Morgan fingerprint density at radius 1 is 1.17 bits per heavy atom. The van der Waals surface area contributed by atoms with Crippen molar-refractivity contribution >= 4 is 21.6 Å². The third-order valence-electron chi connectivity index (χ3n) is 5.35. The number of nitrogens with zero attached hydrogens (tertiary/aromatic N) is 3. The fraction of sp³-hybridized carbons (Fsp3) is 0.333. The minimum atomic E-state index is -3.41. The molecule has 1 amide bonds. The number of nitrogens with one attached hydrogen (secondary N) is 2. The number of pyridine rings is 1. The van der Waals surface area contributed by atoms with Crippen molar-refractivity contribution in [2.75, 3.05) is 25.0 Å². The van der Waals surface area contributed by atoms with E-state index < -0.39 is 16.1 Å². The van der Waals surface area contributed by atoms with E-state index in [2.05, 4.69) is 25.0 Å². The molecule has 1 atom stereocenters. The third kappa shape index (κ3) is 6.31. The highest BCUT2D eigenvalue weighted by molar-refractivity contribution is 7.93. The summed E-state index contributed by atoms with van der Waals surface area (Å²) in [6, 6.07) is 9.56. The molecule has 0 saturated heterocycles. The zero-order valence-corrected chi connectivity index (χ0v) is 20.3. The molecule has 0 bridgehead atoms. The Morgan fingerprint density at radius 3 is 2.63 bits per heavy atom. The standard InChI is InChI=1S/C24H27N5O5S/c1-3-34-23-14-25-13-21(27-23)16-4-6-17(7-5-16)24(30)28-22(15-33-2)20-12-18(10-11-26-20)29-35(31,32)19-8-9-19/h4-7,10-14,19,22H,3,8-9,15H2,1-2H3,(H,26,29)(H,28,30)/t22-/m1/s1. The molecule has 0 spiro atoms. The number of aromatic nitrogens is 3. The van der Waals surface area contributed by atoms with Gasteiger partial charge in [-0.25, -0.2) is 13.4 Å². The monoisotopic (exact) mass is 497 g/mol. The molecule has 1 aromatic carbocycles. The molecule has 0 radical (unpaired) electrons. The number of rotatable bonds is 11. The summed E-state index contributed by atoms with van der Waals surface area (Å²) >= 11 is 0. The van der Waals surface area contributed by atoms with E-state index in [-0.39, 0.29) is 17.8 Å². The van der Waals surface area contributed by atoms with Crippen molar-refractivity contribution < 1.29 is 22.7 Å². The lowest BCUT2D eigenvalue weighted by Gasteiger charge is -2.18. The van der Waals surface area contributed by atoms with E-state index in [1.165, 1.54) is 13.3 Å². The van der Waals surface area contributed by atoms with Crippen LogP contribution in [0.1, 0.15) is 41.9 Å². The van der Waals surface area contributed by atoms with Crippen LogP contribution in [0.2, 0.25) is 0 Å². The van der Waals surface area contributed by atoms with Crippen molar-refractivity contribution in [1.29, 1.82) is 0 Å². The molecule has 1 aliphatic rings. The van der Waals surface area contributed by atoms with Gasteiger partial charge in [0, 0.05) is 24.4 Å². The van der Waals surface area contributed by atoms with E-state index in [0.29, 0.717) is 48.0 Å². The van der Waals surface area contributed by atoms with E-state index >= 15 is 0 Å². The molecule has 2 N–H and O–H groups in total. The van der Waals surface area contributed by atoms with Crippen LogP contribution in [0.4, 0.5) is 5.69 Å². The Morgan fingerprint density at radius 2 is 1.94 bits per heavy atom. The molecule has 35 heavy (non-hydrogen) atoms. The second kappa shape index (κ2) is 10.8. The molecule has 0 unspecified atom stereocenters. The Hall–Kier alpha value is -3.57. The molecular weight excluding hydrogens is 470 g/mol. The van der Waals surface area contributed by atoms with Crippen LogP contribution >= 0.6 is 0 Å². The number of hydrogen-bond donors (Lipinski definition) is 2. The molecule has 4 rings (SSSR count). The van der Waals surface area contributed by atoms with Crippen LogP contribution in [0.5, 0.6) is 5.88 Å². The molecule has 0 aliphatic heterocycles. The Kier molecular flexibility index (Phi) is 7.57. The normalized spacial score (nSPS) is 14.2. The van der Waals surface area contributed by atoms with Crippen LogP contribution < -0.4 is 14.8 Å². The number of ether oxygens (including phenoxy) is 2. The minimum absolute atomic E-state index is 0.162. The molecule has 11 heteroatoms. The van der Waals surface area contributed by atoms with Gasteiger partial charge < -0.3 is 14.8 Å². The Balaban J connectivity index is 1.47. The molecule has 2 aromatic heterocycles. The zero-order chi connectivity index (χ0) is 24.8. The predicted molar refractivity (Wildman–Crippen MR) is 131 cm³/mol. The van der Waals surface area contributed by atoms with E-state index in [9.17, 15) is 13.2 Å². The van der Waals surface area contributed by atoms with Gasteiger partial charge in [-0.05, 0) is 44.0 Å². The van der Waals surface area contributed by atoms with E-state index in [4.69, 9.17) is 9.47 Å². The maximum atomic E-state index is 12.9. The molecule has 1 saturated carbocycles. The van der Waals surface area contributed by atoms with Crippen LogP contribution in [-0.2, 0) is 14.8 Å². The Labute approximate surface area is 204 Å². The van der Waals surface area contributed by atoms with Gasteiger partial charge in [0.1, 0.15) is 0 Å². The molecular formula is C24H27N5O5S. The van der Waals surface area contributed by atoms with Gasteiger partial charge in [0.15, 0.2) is 0 Å². The molecule has 10 nitrogen and oxygen atoms in total. The van der Waals surface area contributed by atoms with Gasteiger partial charge in [-0.3, -0.25) is 19.5 Å². The van der Waals surface area contributed by atoms with Gasteiger partial charge in [-0.15, -0.1) is 0 Å². The van der Waals surface area contributed by atoms with Gasteiger partial charge >= 0.3 is 0 Å². The maximum absolute atomic E-state index is 12.9. The van der Waals surface area contributed by atoms with E-state index in [0.717, 1.165) is 5.56 Å². The minimum Gasteiger partial charge on any atom is -0.477 e. The second-order valence-electron chi connectivity index (χ2n) is 8.05. The second-order valence-corrected chi connectivity index (χ2v) is 10.0. The van der Waals surface area contributed by atoms with Gasteiger partial charge in [0.25, 0.3) is 5.91 Å². The van der Waals surface area contributed by atoms with Crippen molar-refractivity contribution in [2.24, 2.45) is 0 Å². The predicted octanol–water partition coefficient (Wildman–Crippen LogP) is 2.96. The first-order chi connectivity index (χ1) is 16.9. The highest BCUT2D eigenvalue weighted by atomic mass is 32.2. The average Bonchev–Trinajstić information content (AvgIpc) is 3.71. The van der Waals surface area contributed by atoms with Crippen molar-refractivity contribution in [3.05, 3.63) is 66.2 Å². The van der Waals surface area contributed by atoms with E-state index in [1.54, 1.807) is 48.8 Å². The lowest BCUT2D eigenvalue weighted by atomic mass is 10.1. The SMILES string of the molecule is CCOc1cncc(-c2ccc(C(=O)N[C@H](COC)c3cc(NS(=O)(=O)C4CC4)ccn3)cc2)n1. The van der Waals surface area contributed by atoms with Gasteiger partial charge in [-0.2, -0.15) is 0 Å². The number of methoxy groups -OCH3 is 1.